The molecule has 6 nitrogen and oxygen atoms in total. The van der Waals surface area contributed by atoms with Crippen LogP contribution in [0.15, 0.2) is 23.7 Å². The number of aliphatic hydroxyl groups is 1. The van der Waals surface area contributed by atoms with Gasteiger partial charge >= 0.3 is 0 Å². The molecule has 8 atom stereocenters. The maximum Gasteiger partial charge on any atom is 0.272 e. The number of carbonyl (C=O) groups excluding carboxylic acids is 2. The summed E-state index contributed by atoms with van der Waals surface area (Å²) in [7, 11) is 1.87. The fourth-order valence-electron chi connectivity index (χ4n) is 11.6. The van der Waals surface area contributed by atoms with Gasteiger partial charge in [0.15, 0.2) is 5.78 Å². The van der Waals surface area contributed by atoms with Gasteiger partial charge in [0, 0.05) is 19.7 Å². The van der Waals surface area contributed by atoms with E-state index in [1.807, 2.05) is 7.05 Å². The molecule has 0 aromatic carbocycles. The van der Waals surface area contributed by atoms with Crippen LogP contribution in [0.2, 0.25) is 0 Å². The Morgan fingerprint density at radius 1 is 1.00 bits per heavy atom. The third kappa shape index (κ3) is 3.53. The van der Waals surface area contributed by atoms with Gasteiger partial charge in [-0.15, -0.1) is 0 Å². The smallest absolute Gasteiger partial charge is 0.272 e. The van der Waals surface area contributed by atoms with E-state index in [1.54, 1.807) is 17.1 Å². The van der Waals surface area contributed by atoms with Crippen molar-refractivity contribution in [3.05, 3.63) is 29.4 Å². The van der Waals surface area contributed by atoms with Crippen molar-refractivity contribution in [3.63, 3.8) is 0 Å². The van der Waals surface area contributed by atoms with Crippen molar-refractivity contribution in [2.45, 2.75) is 118 Å². The van der Waals surface area contributed by atoms with E-state index in [-0.39, 0.29) is 51.3 Å². The molecule has 0 spiro atoms. The Morgan fingerprint density at radius 2 is 1.73 bits per heavy atom. The monoisotopic (exact) mass is 549 g/mol. The van der Waals surface area contributed by atoms with E-state index >= 15 is 0 Å². The van der Waals surface area contributed by atoms with Crippen LogP contribution in [0.25, 0.3) is 0 Å². The van der Waals surface area contributed by atoms with Gasteiger partial charge in [-0.3, -0.25) is 9.59 Å². The van der Waals surface area contributed by atoms with E-state index in [0.29, 0.717) is 24.0 Å². The highest BCUT2D eigenvalue weighted by Gasteiger charge is 2.70. The molecule has 4 saturated carbocycles. The molecule has 1 heterocycles. The van der Waals surface area contributed by atoms with Crippen LogP contribution in [0.3, 0.4) is 0 Å². The molecule has 1 aromatic rings. The molecular formula is C34H51N3O3. The summed E-state index contributed by atoms with van der Waals surface area (Å²) in [4.78, 5) is 31.6. The fourth-order valence-corrected chi connectivity index (χ4v) is 11.6. The molecule has 6 heteroatoms. The third-order valence-corrected chi connectivity index (χ3v) is 13.7. The maximum absolute atomic E-state index is 13.7. The average Bonchev–Trinajstić information content (AvgIpc) is 3.43. The van der Waals surface area contributed by atoms with Crippen LogP contribution >= 0.6 is 0 Å². The van der Waals surface area contributed by atoms with Gasteiger partial charge in [0.05, 0.1) is 18.0 Å². The van der Waals surface area contributed by atoms with Crippen molar-refractivity contribution in [2.75, 3.05) is 0 Å². The number of ketones is 1. The fraction of sp³-hybridized carbons (Fsp3) is 0.794. The first-order valence-corrected chi connectivity index (χ1v) is 15.9. The summed E-state index contributed by atoms with van der Waals surface area (Å²) >= 11 is 0. The zero-order valence-electron chi connectivity index (χ0n) is 26.1. The van der Waals surface area contributed by atoms with Gasteiger partial charge in [-0.25, -0.2) is 4.98 Å². The van der Waals surface area contributed by atoms with Gasteiger partial charge in [0.2, 0.25) is 0 Å². The number of aryl methyl sites for hydroxylation is 1. The Labute approximate surface area is 240 Å². The molecule has 0 saturated heterocycles. The number of hydrogen-bond acceptors (Lipinski definition) is 4. The third-order valence-electron chi connectivity index (χ3n) is 13.7. The molecule has 2 N–H and O–H groups in total. The van der Waals surface area contributed by atoms with Crippen molar-refractivity contribution in [2.24, 2.45) is 52.4 Å². The van der Waals surface area contributed by atoms with Gasteiger partial charge in [-0.1, -0.05) is 48.5 Å². The molecule has 5 unspecified atom stereocenters. The van der Waals surface area contributed by atoms with Crippen LogP contribution in [0.5, 0.6) is 0 Å². The van der Waals surface area contributed by atoms with Gasteiger partial charge in [0.25, 0.3) is 5.91 Å². The van der Waals surface area contributed by atoms with Crippen LogP contribution < -0.4 is 5.32 Å². The predicted molar refractivity (Wildman–Crippen MR) is 156 cm³/mol. The minimum absolute atomic E-state index is 0.0589. The lowest BCUT2D eigenvalue weighted by molar-refractivity contribution is -0.226. The maximum atomic E-state index is 13.7. The second-order valence-corrected chi connectivity index (χ2v) is 16.0. The Balaban J connectivity index is 1.41. The summed E-state index contributed by atoms with van der Waals surface area (Å²) in [5.41, 5.74) is 2.43. The molecule has 0 bridgehead atoms. The van der Waals surface area contributed by atoms with Crippen LogP contribution in [-0.2, 0) is 11.8 Å². The minimum Gasteiger partial charge on any atom is -0.393 e. The summed E-state index contributed by atoms with van der Waals surface area (Å²) in [6.45, 7) is 16.6. The van der Waals surface area contributed by atoms with E-state index in [9.17, 15) is 14.7 Å². The molecule has 5 aliphatic rings. The van der Waals surface area contributed by atoms with E-state index in [2.05, 4.69) is 58.8 Å². The molecule has 0 aliphatic heterocycles. The summed E-state index contributed by atoms with van der Waals surface area (Å²) in [5.74, 6) is 1.61. The number of amides is 1. The molecular weight excluding hydrogens is 498 g/mol. The molecule has 1 amide bonds. The molecule has 5 aliphatic carbocycles. The Morgan fingerprint density at radius 3 is 2.38 bits per heavy atom. The Bertz CT molecular complexity index is 1280. The number of Topliss-reactive ketones (excluding diaryl/α,β-unsaturated/α-hetero) is 1. The lowest BCUT2D eigenvalue weighted by Gasteiger charge is -2.72. The van der Waals surface area contributed by atoms with Crippen molar-refractivity contribution >= 4 is 11.7 Å². The number of aliphatic hydroxyl groups excluding tert-OH is 1. The number of fused-ring (bicyclic) bond motifs is 7. The number of imidazole rings is 1. The van der Waals surface area contributed by atoms with Gasteiger partial charge in [-0.05, 0) is 108 Å². The highest BCUT2D eigenvalue weighted by molar-refractivity contribution is 6.03. The zero-order chi connectivity index (χ0) is 29.0. The highest BCUT2D eigenvalue weighted by Crippen LogP contribution is 2.75. The molecule has 6 rings (SSSR count). The predicted octanol–water partition coefficient (Wildman–Crippen LogP) is 6.24. The average molecular weight is 550 g/mol. The van der Waals surface area contributed by atoms with E-state index in [4.69, 9.17) is 0 Å². The lowest BCUT2D eigenvalue weighted by Crippen LogP contribution is -2.67. The summed E-state index contributed by atoms with van der Waals surface area (Å²) in [5, 5.41) is 14.4. The first-order chi connectivity index (χ1) is 18.6. The van der Waals surface area contributed by atoms with Gasteiger partial charge in [-0.2, -0.15) is 0 Å². The van der Waals surface area contributed by atoms with Crippen LogP contribution in [0.1, 0.15) is 117 Å². The highest BCUT2D eigenvalue weighted by atomic mass is 16.3. The molecule has 220 valence electrons. The van der Waals surface area contributed by atoms with E-state index in [1.165, 1.54) is 12.0 Å². The molecule has 0 radical (unpaired) electrons. The van der Waals surface area contributed by atoms with Crippen molar-refractivity contribution in [3.8, 4) is 0 Å². The largest absolute Gasteiger partial charge is 0.393 e. The number of allylic oxidation sites excluding steroid dienone is 1. The van der Waals surface area contributed by atoms with Gasteiger partial charge in [0.1, 0.15) is 5.69 Å². The van der Waals surface area contributed by atoms with Crippen molar-refractivity contribution in [1.29, 1.82) is 0 Å². The standard InChI is InChI=1S/C34H51N3O3/c1-20(2)27-23(38)17-34(36-29(40)22-18-37(8)19-35-22)16-15-32(6)21(28(27)34)9-10-25-31(5)13-12-26(39)30(3,4)24(31)11-14-33(25,32)7/h18-21,24-26,39H,9-17H2,1-8H3,(H,36,40)/t21-,24?,25?,26+,31?,32-,33?,34?/m1/s1. The quantitative estimate of drug-likeness (QED) is 0.467. The number of nitrogens with one attached hydrogen (secondary N) is 1. The summed E-state index contributed by atoms with van der Waals surface area (Å²) in [6.07, 6.45) is 12.0. The first kappa shape index (κ1) is 28.2. The number of hydrogen-bond donors (Lipinski definition) is 2. The number of carbonyl (C=O) groups is 2. The summed E-state index contributed by atoms with van der Waals surface area (Å²) in [6, 6.07) is 0. The van der Waals surface area contributed by atoms with E-state index in [0.717, 1.165) is 50.5 Å². The van der Waals surface area contributed by atoms with Crippen LogP contribution in [-0.4, -0.2) is 38.0 Å². The topological polar surface area (TPSA) is 84.2 Å². The van der Waals surface area contributed by atoms with Gasteiger partial charge < -0.3 is 15.0 Å². The summed E-state index contributed by atoms with van der Waals surface area (Å²) < 4.78 is 1.80. The number of aromatic nitrogens is 2. The SMILES string of the molecule is CC(C)C1=C2[C@H]3CCC4C5(C)CC[C@H](O)C(C)(C)C5CCC4(C)[C@]3(C)CCC2(NC(=O)c2cn(C)cn2)CC1=O. The molecule has 4 fully saturated rings. The van der Waals surface area contributed by atoms with Crippen LogP contribution in [0, 0.1) is 45.3 Å². The second kappa shape index (κ2) is 8.78. The Kier molecular flexibility index (Phi) is 6.19. The Hall–Kier alpha value is -1.95. The van der Waals surface area contributed by atoms with E-state index < -0.39 is 5.54 Å². The molecule has 1 aromatic heterocycles. The van der Waals surface area contributed by atoms with Crippen molar-refractivity contribution < 1.29 is 14.7 Å². The first-order valence-electron chi connectivity index (χ1n) is 15.9. The van der Waals surface area contributed by atoms with Crippen LogP contribution in [0.4, 0.5) is 0 Å². The number of rotatable bonds is 3. The lowest BCUT2D eigenvalue weighted by atomic mass is 9.33. The minimum atomic E-state index is -0.600. The normalized spacial score (nSPS) is 44.1. The second-order valence-electron chi connectivity index (χ2n) is 16.0. The van der Waals surface area contributed by atoms with Crippen molar-refractivity contribution in [1.82, 2.24) is 14.9 Å². The number of nitrogens with zero attached hydrogens (tertiary/aromatic N) is 2. The molecule has 40 heavy (non-hydrogen) atoms. The zero-order valence-corrected chi connectivity index (χ0v) is 26.1.